The van der Waals surface area contributed by atoms with Crippen LogP contribution in [0.1, 0.15) is 43.0 Å². The van der Waals surface area contributed by atoms with Crippen molar-refractivity contribution in [3.05, 3.63) is 59.7 Å². The number of nitrogens with two attached hydrogens (primary N) is 2. The van der Waals surface area contributed by atoms with Crippen molar-refractivity contribution in [1.29, 1.82) is 0 Å². The zero-order valence-corrected chi connectivity index (χ0v) is 17.5. The van der Waals surface area contributed by atoms with Gasteiger partial charge >= 0.3 is 18.1 Å². The van der Waals surface area contributed by atoms with Crippen LogP contribution in [0.2, 0.25) is 0 Å². The number of ether oxygens (including phenoxy) is 2. The van der Waals surface area contributed by atoms with Gasteiger partial charge < -0.3 is 20.9 Å². The molecule has 3 rings (SSSR count). The fourth-order valence-corrected chi connectivity index (χ4v) is 3.55. The van der Waals surface area contributed by atoms with Crippen molar-refractivity contribution in [3.63, 3.8) is 0 Å². The number of hydrogen-bond acceptors (Lipinski definition) is 6. The molecule has 0 bridgehead atoms. The van der Waals surface area contributed by atoms with Crippen LogP contribution < -0.4 is 11.5 Å². The monoisotopic (exact) mass is 450 g/mol. The number of rotatable bonds is 4. The average molecular weight is 450 g/mol. The number of benzene rings is 1. The van der Waals surface area contributed by atoms with Gasteiger partial charge in [-0.1, -0.05) is 24.3 Å². The van der Waals surface area contributed by atoms with Crippen molar-refractivity contribution in [1.82, 2.24) is 0 Å². The number of hydrogen-bond donors (Lipinski definition) is 2. The molecule has 0 aliphatic heterocycles. The molecule has 32 heavy (non-hydrogen) atoms. The predicted octanol–water partition coefficient (Wildman–Crippen LogP) is 4.48. The Morgan fingerprint density at radius 2 is 1.47 bits per heavy atom. The second kappa shape index (κ2) is 9.10. The van der Waals surface area contributed by atoms with Gasteiger partial charge in [0.05, 0.1) is 16.6 Å². The molecule has 1 aromatic rings. The first-order valence-electron chi connectivity index (χ1n) is 10.2. The molecule has 2 aliphatic rings. The van der Waals surface area contributed by atoms with E-state index in [-0.39, 0.29) is 17.2 Å². The number of carbonyl (C=O) groups is 2. The molecule has 1 atom stereocenters. The van der Waals surface area contributed by atoms with Crippen molar-refractivity contribution in [2.45, 2.75) is 51.0 Å². The highest BCUT2D eigenvalue weighted by atomic mass is 19.4. The van der Waals surface area contributed by atoms with Crippen LogP contribution in [-0.2, 0) is 14.3 Å². The molecule has 0 aromatic heterocycles. The lowest BCUT2D eigenvalue weighted by molar-refractivity contribution is -0.183. The Labute approximate surface area is 183 Å². The maximum absolute atomic E-state index is 13.2. The smallest absolute Gasteiger partial charge is 0.400 e. The highest BCUT2D eigenvalue weighted by Gasteiger charge is 2.47. The molecule has 0 spiro atoms. The van der Waals surface area contributed by atoms with Gasteiger partial charge in [0.15, 0.2) is 0 Å². The zero-order chi connectivity index (χ0) is 23.5. The minimum absolute atomic E-state index is 0.0435. The number of halogens is 3. The van der Waals surface area contributed by atoms with Gasteiger partial charge in [-0.2, -0.15) is 13.2 Å². The van der Waals surface area contributed by atoms with Crippen molar-refractivity contribution in [2.75, 3.05) is 11.5 Å². The Hall–Kier alpha value is -3.23. The maximum atomic E-state index is 13.2. The fourth-order valence-electron chi connectivity index (χ4n) is 3.55. The Morgan fingerprint density at radius 1 is 0.938 bits per heavy atom. The Bertz CT molecular complexity index is 956. The second-order valence-corrected chi connectivity index (χ2v) is 8.19. The maximum Gasteiger partial charge on any atom is 0.400 e. The number of nitrogen functional groups attached to an aromatic ring is 2. The predicted molar refractivity (Wildman–Crippen MR) is 113 cm³/mol. The minimum Gasteiger partial charge on any atom is -0.459 e. The van der Waals surface area contributed by atoms with E-state index in [4.69, 9.17) is 20.9 Å². The van der Waals surface area contributed by atoms with E-state index in [9.17, 15) is 22.8 Å². The summed E-state index contributed by atoms with van der Waals surface area (Å²) in [5.74, 6) is -1.22. The highest BCUT2D eigenvalue weighted by molar-refractivity contribution is 5.92. The lowest BCUT2D eigenvalue weighted by Crippen LogP contribution is -2.31. The van der Waals surface area contributed by atoms with Gasteiger partial charge in [0.25, 0.3) is 0 Å². The largest absolute Gasteiger partial charge is 0.459 e. The average Bonchev–Trinajstić information content (AvgIpc) is 2.91. The van der Waals surface area contributed by atoms with Gasteiger partial charge in [0.2, 0.25) is 0 Å². The summed E-state index contributed by atoms with van der Waals surface area (Å²) in [6.07, 6.45) is 2.30. The molecule has 6 nitrogen and oxygen atoms in total. The van der Waals surface area contributed by atoms with Crippen molar-refractivity contribution >= 4 is 23.3 Å². The molecule has 2 aliphatic carbocycles. The van der Waals surface area contributed by atoms with E-state index in [1.807, 2.05) is 0 Å². The van der Waals surface area contributed by atoms with E-state index in [1.165, 1.54) is 30.4 Å². The van der Waals surface area contributed by atoms with E-state index in [0.29, 0.717) is 37.1 Å². The van der Waals surface area contributed by atoms with Crippen LogP contribution in [0, 0.1) is 5.41 Å². The van der Waals surface area contributed by atoms with Crippen LogP contribution in [0.5, 0.6) is 0 Å². The summed E-state index contributed by atoms with van der Waals surface area (Å²) in [5, 5.41) is 0. The molecular weight excluding hydrogens is 425 g/mol. The fraction of sp³-hybridized carbons (Fsp3) is 0.391. The molecule has 1 aromatic carbocycles. The quantitative estimate of drug-likeness (QED) is 0.518. The first-order valence-corrected chi connectivity index (χ1v) is 10.2. The summed E-state index contributed by atoms with van der Waals surface area (Å²) in [5.41, 5.74) is 10.3. The molecule has 0 amide bonds. The van der Waals surface area contributed by atoms with Crippen LogP contribution in [0.3, 0.4) is 0 Å². The number of alkyl halides is 3. The summed E-state index contributed by atoms with van der Waals surface area (Å²) in [6.45, 7) is 1.03. The first-order chi connectivity index (χ1) is 15.0. The SMILES string of the molecule is CC1(C(F)(F)F)C=CC=C(C(=O)OC2CCC(OC(=O)c3cc(N)cc(N)c3)CC2)C=C1. The van der Waals surface area contributed by atoms with Crippen LogP contribution >= 0.6 is 0 Å². The molecule has 0 saturated heterocycles. The van der Waals surface area contributed by atoms with Crippen LogP contribution in [0.15, 0.2) is 54.2 Å². The molecule has 172 valence electrons. The van der Waals surface area contributed by atoms with Gasteiger partial charge in [-0.25, -0.2) is 9.59 Å². The van der Waals surface area contributed by atoms with Crippen LogP contribution in [-0.4, -0.2) is 30.3 Å². The summed E-state index contributed by atoms with van der Waals surface area (Å²) in [7, 11) is 0. The standard InChI is InChI=1S/C23H25F3N2O4/c1-22(23(24,25)26)9-2-3-14(8-10-22)20(29)31-18-4-6-19(7-5-18)32-21(30)15-11-16(27)13-17(28)12-15/h2-3,8-13,18-19H,4-7,27-28H2,1H3. The normalized spacial score (nSPS) is 25.6. The third-order valence-corrected chi connectivity index (χ3v) is 5.56. The third-order valence-electron chi connectivity index (χ3n) is 5.56. The number of anilines is 2. The highest BCUT2D eigenvalue weighted by Crippen LogP contribution is 2.41. The number of esters is 2. The van der Waals surface area contributed by atoms with Crippen molar-refractivity contribution in [2.24, 2.45) is 5.41 Å². The summed E-state index contributed by atoms with van der Waals surface area (Å²) < 4.78 is 50.5. The van der Waals surface area contributed by atoms with E-state index in [2.05, 4.69) is 0 Å². The van der Waals surface area contributed by atoms with Crippen LogP contribution in [0.4, 0.5) is 24.5 Å². The topological polar surface area (TPSA) is 105 Å². The van der Waals surface area contributed by atoms with E-state index in [0.717, 1.165) is 25.2 Å². The van der Waals surface area contributed by atoms with Gasteiger partial charge in [0.1, 0.15) is 12.2 Å². The Morgan fingerprint density at radius 3 is 2.00 bits per heavy atom. The third kappa shape index (κ3) is 5.52. The lowest BCUT2D eigenvalue weighted by Gasteiger charge is -2.28. The molecule has 4 N–H and O–H groups in total. The Balaban J connectivity index is 1.51. The lowest BCUT2D eigenvalue weighted by atomic mass is 9.89. The summed E-state index contributed by atoms with van der Waals surface area (Å²) in [4.78, 5) is 24.7. The van der Waals surface area contributed by atoms with E-state index >= 15 is 0 Å². The Kier molecular flexibility index (Phi) is 6.66. The van der Waals surface area contributed by atoms with E-state index < -0.39 is 29.6 Å². The first kappa shape index (κ1) is 23.4. The number of carbonyl (C=O) groups excluding carboxylic acids is 2. The van der Waals surface area contributed by atoms with Crippen LogP contribution in [0.25, 0.3) is 0 Å². The minimum atomic E-state index is -4.47. The molecule has 0 radical (unpaired) electrons. The molecule has 1 unspecified atom stereocenters. The van der Waals surface area contributed by atoms with Gasteiger partial charge in [-0.15, -0.1) is 0 Å². The van der Waals surface area contributed by atoms with Gasteiger partial charge in [-0.3, -0.25) is 0 Å². The molecule has 0 heterocycles. The summed E-state index contributed by atoms with van der Waals surface area (Å²) >= 11 is 0. The second-order valence-electron chi connectivity index (χ2n) is 8.19. The molecule has 9 heteroatoms. The molecule has 1 fully saturated rings. The van der Waals surface area contributed by atoms with Gasteiger partial charge in [0, 0.05) is 11.4 Å². The molecular formula is C23H25F3N2O4. The van der Waals surface area contributed by atoms with E-state index in [1.54, 1.807) is 0 Å². The van der Waals surface area contributed by atoms with Gasteiger partial charge in [-0.05, 0) is 56.9 Å². The summed E-state index contributed by atoms with van der Waals surface area (Å²) in [6, 6.07) is 4.51. The zero-order valence-electron chi connectivity index (χ0n) is 17.5. The van der Waals surface area contributed by atoms with Crippen molar-refractivity contribution in [3.8, 4) is 0 Å². The van der Waals surface area contributed by atoms with Crippen molar-refractivity contribution < 1.29 is 32.2 Å². The molecule has 1 saturated carbocycles. The number of allylic oxidation sites excluding steroid dienone is 4.